The molecule has 1 amide bonds. The van der Waals surface area contributed by atoms with E-state index in [-0.39, 0.29) is 28.1 Å². The fourth-order valence-corrected chi connectivity index (χ4v) is 2.52. The maximum Gasteiger partial charge on any atom is 0.339 e. The summed E-state index contributed by atoms with van der Waals surface area (Å²) in [5, 5.41) is 11.9. The molecule has 1 aromatic carbocycles. The number of anilines is 1. The highest BCUT2D eigenvalue weighted by atomic mass is 35.5. The summed E-state index contributed by atoms with van der Waals surface area (Å²) in [6.45, 7) is 0. The maximum absolute atomic E-state index is 12.0. The average molecular weight is 268 g/mol. The molecule has 96 valence electrons. The largest absolute Gasteiger partial charge is 0.478 e. The number of benzene rings is 1. The SMILES string of the molecule is O=C(O)c1c(Cl)cccc1NC(=O)C1CCCC1. The van der Waals surface area contributed by atoms with Gasteiger partial charge in [0.1, 0.15) is 5.56 Å². The van der Waals surface area contributed by atoms with Gasteiger partial charge in [-0.3, -0.25) is 4.79 Å². The van der Waals surface area contributed by atoms with Crippen molar-refractivity contribution in [2.45, 2.75) is 25.7 Å². The third-order valence-corrected chi connectivity index (χ3v) is 3.53. The number of carbonyl (C=O) groups is 2. The van der Waals surface area contributed by atoms with E-state index < -0.39 is 5.97 Å². The van der Waals surface area contributed by atoms with Gasteiger partial charge < -0.3 is 10.4 Å². The molecule has 1 aliphatic rings. The predicted octanol–water partition coefficient (Wildman–Crippen LogP) is 3.17. The Kier molecular flexibility index (Phi) is 3.87. The minimum absolute atomic E-state index is 0.00868. The Labute approximate surface area is 110 Å². The van der Waals surface area contributed by atoms with E-state index in [0.29, 0.717) is 0 Å². The standard InChI is InChI=1S/C13H14ClNO3/c14-9-6-3-7-10(11(9)13(17)18)15-12(16)8-4-1-2-5-8/h3,6-8H,1-2,4-5H2,(H,15,16)(H,17,18). The van der Waals surface area contributed by atoms with Crippen LogP contribution in [0.4, 0.5) is 5.69 Å². The van der Waals surface area contributed by atoms with Crippen molar-refractivity contribution < 1.29 is 14.7 Å². The van der Waals surface area contributed by atoms with Crippen molar-refractivity contribution in [3.05, 3.63) is 28.8 Å². The van der Waals surface area contributed by atoms with Gasteiger partial charge in [-0.1, -0.05) is 30.5 Å². The van der Waals surface area contributed by atoms with E-state index in [1.54, 1.807) is 12.1 Å². The van der Waals surface area contributed by atoms with Crippen LogP contribution >= 0.6 is 11.6 Å². The molecule has 0 unspecified atom stereocenters. The highest BCUT2D eigenvalue weighted by molar-refractivity contribution is 6.34. The monoisotopic (exact) mass is 267 g/mol. The van der Waals surface area contributed by atoms with E-state index in [4.69, 9.17) is 16.7 Å². The number of hydrogen-bond donors (Lipinski definition) is 2. The van der Waals surface area contributed by atoms with Crippen LogP contribution in [0, 0.1) is 5.92 Å². The Balaban J connectivity index is 2.20. The van der Waals surface area contributed by atoms with Crippen molar-refractivity contribution in [3.63, 3.8) is 0 Å². The Hall–Kier alpha value is -1.55. The summed E-state index contributed by atoms with van der Waals surface area (Å²) in [5.41, 5.74) is 0.220. The molecule has 18 heavy (non-hydrogen) atoms. The van der Waals surface area contributed by atoms with Crippen LogP contribution in [0.25, 0.3) is 0 Å². The number of nitrogens with one attached hydrogen (secondary N) is 1. The summed E-state index contributed by atoms with van der Waals surface area (Å²) >= 11 is 5.84. The first kappa shape index (κ1) is 12.9. The van der Waals surface area contributed by atoms with Crippen molar-refractivity contribution in [2.75, 3.05) is 5.32 Å². The molecule has 2 N–H and O–H groups in total. The number of carboxylic acids is 1. The van der Waals surface area contributed by atoms with Crippen molar-refractivity contribution >= 4 is 29.2 Å². The minimum Gasteiger partial charge on any atom is -0.478 e. The summed E-state index contributed by atoms with van der Waals surface area (Å²) in [6.07, 6.45) is 3.85. The second-order valence-corrected chi connectivity index (χ2v) is 4.85. The Bertz CT molecular complexity index is 481. The summed E-state index contributed by atoms with van der Waals surface area (Å²) in [5.74, 6) is -1.26. The highest BCUT2D eigenvalue weighted by Gasteiger charge is 2.24. The number of halogens is 1. The van der Waals surface area contributed by atoms with Gasteiger partial charge in [-0.15, -0.1) is 0 Å². The van der Waals surface area contributed by atoms with Crippen molar-refractivity contribution in [1.82, 2.24) is 0 Å². The fraction of sp³-hybridized carbons (Fsp3) is 0.385. The first-order valence-corrected chi connectivity index (χ1v) is 6.30. The number of carbonyl (C=O) groups excluding carboxylic acids is 1. The number of hydrogen-bond acceptors (Lipinski definition) is 2. The van der Waals surface area contributed by atoms with Crippen LogP contribution in [-0.2, 0) is 4.79 Å². The zero-order valence-corrected chi connectivity index (χ0v) is 10.5. The van der Waals surface area contributed by atoms with Crippen molar-refractivity contribution in [1.29, 1.82) is 0 Å². The molecule has 4 nitrogen and oxygen atoms in total. The van der Waals surface area contributed by atoms with E-state index in [1.807, 2.05) is 0 Å². The van der Waals surface area contributed by atoms with Gasteiger partial charge >= 0.3 is 5.97 Å². The van der Waals surface area contributed by atoms with E-state index >= 15 is 0 Å². The van der Waals surface area contributed by atoms with Crippen LogP contribution in [0.2, 0.25) is 5.02 Å². The topological polar surface area (TPSA) is 66.4 Å². The third kappa shape index (κ3) is 2.64. The van der Waals surface area contributed by atoms with Crippen LogP contribution in [0.5, 0.6) is 0 Å². The lowest BCUT2D eigenvalue weighted by molar-refractivity contribution is -0.119. The van der Waals surface area contributed by atoms with Gasteiger partial charge in [0.25, 0.3) is 0 Å². The van der Waals surface area contributed by atoms with Gasteiger partial charge in [0, 0.05) is 5.92 Å². The van der Waals surface area contributed by atoms with Crippen LogP contribution in [-0.4, -0.2) is 17.0 Å². The lowest BCUT2D eigenvalue weighted by atomic mass is 10.1. The molecule has 0 bridgehead atoms. The molecule has 1 aromatic rings. The van der Waals surface area contributed by atoms with Gasteiger partial charge in [0.05, 0.1) is 10.7 Å². The summed E-state index contributed by atoms with van der Waals surface area (Å²) < 4.78 is 0. The number of rotatable bonds is 3. The van der Waals surface area contributed by atoms with E-state index in [2.05, 4.69) is 5.32 Å². The van der Waals surface area contributed by atoms with Gasteiger partial charge in [-0.2, -0.15) is 0 Å². The lowest BCUT2D eigenvalue weighted by Gasteiger charge is -2.13. The zero-order valence-electron chi connectivity index (χ0n) is 9.78. The predicted molar refractivity (Wildman–Crippen MR) is 69.0 cm³/mol. The van der Waals surface area contributed by atoms with Gasteiger partial charge in [0.2, 0.25) is 5.91 Å². The second kappa shape index (κ2) is 5.40. The van der Waals surface area contributed by atoms with Crippen LogP contribution in [0.1, 0.15) is 36.0 Å². The maximum atomic E-state index is 12.0. The quantitative estimate of drug-likeness (QED) is 0.884. The first-order valence-electron chi connectivity index (χ1n) is 5.92. The molecule has 0 heterocycles. The molecular weight excluding hydrogens is 254 g/mol. The Morgan fingerprint density at radius 3 is 2.56 bits per heavy atom. The third-order valence-electron chi connectivity index (χ3n) is 3.21. The van der Waals surface area contributed by atoms with E-state index in [1.165, 1.54) is 6.07 Å². The molecule has 0 aromatic heterocycles. The Morgan fingerprint density at radius 1 is 1.28 bits per heavy atom. The summed E-state index contributed by atoms with van der Waals surface area (Å²) in [7, 11) is 0. The van der Waals surface area contributed by atoms with Gasteiger partial charge in [-0.05, 0) is 25.0 Å². The molecule has 0 spiro atoms. The van der Waals surface area contributed by atoms with Gasteiger partial charge in [-0.25, -0.2) is 4.79 Å². The highest BCUT2D eigenvalue weighted by Crippen LogP contribution is 2.28. The first-order chi connectivity index (χ1) is 8.59. The number of aromatic carboxylic acids is 1. The molecule has 1 saturated carbocycles. The number of amides is 1. The molecular formula is C13H14ClNO3. The summed E-state index contributed by atoms with van der Waals surface area (Å²) in [6, 6.07) is 4.68. The molecule has 0 saturated heterocycles. The molecule has 0 atom stereocenters. The summed E-state index contributed by atoms with van der Waals surface area (Å²) in [4.78, 5) is 23.1. The Morgan fingerprint density at radius 2 is 1.94 bits per heavy atom. The van der Waals surface area contributed by atoms with Crippen LogP contribution in [0.3, 0.4) is 0 Å². The smallest absolute Gasteiger partial charge is 0.339 e. The zero-order chi connectivity index (χ0) is 13.1. The van der Waals surface area contributed by atoms with Crippen LogP contribution in [0.15, 0.2) is 18.2 Å². The average Bonchev–Trinajstić information content (AvgIpc) is 2.81. The van der Waals surface area contributed by atoms with Crippen molar-refractivity contribution in [2.24, 2.45) is 5.92 Å². The molecule has 1 aliphatic carbocycles. The molecule has 5 heteroatoms. The van der Waals surface area contributed by atoms with E-state index in [0.717, 1.165) is 25.7 Å². The van der Waals surface area contributed by atoms with Crippen molar-refractivity contribution in [3.8, 4) is 0 Å². The number of carboxylic acid groups (broad SMARTS) is 1. The molecule has 2 rings (SSSR count). The van der Waals surface area contributed by atoms with Crippen LogP contribution < -0.4 is 5.32 Å². The second-order valence-electron chi connectivity index (χ2n) is 4.44. The minimum atomic E-state index is -1.14. The van der Waals surface area contributed by atoms with E-state index in [9.17, 15) is 9.59 Å². The molecule has 0 aliphatic heterocycles. The van der Waals surface area contributed by atoms with Gasteiger partial charge in [0.15, 0.2) is 0 Å². The normalized spacial score (nSPS) is 15.6. The molecule has 1 fully saturated rings. The fourth-order valence-electron chi connectivity index (χ4n) is 2.27. The lowest BCUT2D eigenvalue weighted by Crippen LogP contribution is -2.21. The molecule has 0 radical (unpaired) electrons.